The summed E-state index contributed by atoms with van der Waals surface area (Å²) in [6.07, 6.45) is 3.91. The summed E-state index contributed by atoms with van der Waals surface area (Å²) < 4.78 is 3.75. The number of aromatic carboxylic acids is 1. The molecule has 0 aliphatic carbocycles. The van der Waals surface area contributed by atoms with E-state index >= 15 is 0 Å². The van der Waals surface area contributed by atoms with Crippen molar-refractivity contribution in [2.45, 2.75) is 32.0 Å². The first-order valence-electron chi connectivity index (χ1n) is 20.5. The van der Waals surface area contributed by atoms with Gasteiger partial charge in [0.25, 0.3) is 11.8 Å². The minimum atomic E-state index is -1.06. The quantitative estimate of drug-likeness (QED) is 0.104. The van der Waals surface area contributed by atoms with Gasteiger partial charge in [-0.25, -0.2) is 14.5 Å². The molecule has 1 unspecified atom stereocenters. The number of rotatable bonds is 12. The third-order valence-corrected chi connectivity index (χ3v) is 11.4. The molecule has 4 amide bonds. The molecule has 314 valence electrons. The Hall–Kier alpha value is -8.72. The van der Waals surface area contributed by atoms with Crippen LogP contribution in [0.5, 0.6) is 0 Å². The number of benzene rings is 5. The molecule has 0 spiro atoms. The van der Waals surface area contributed by atoms with E-state index in [1.54, 1.807) is 53.3 Å². The zero-order chi connectivity index (χ0) is 43.9. The van der Waals surface area contributed by atoms with E-state index in [9.17, 15) is 29.1 Å². The molecule has 15 nitrogen and oxygen atoms in total. The van der Waals surface area contributed by atoms with Gasteiger partial charge in [0.2, 0.25) is 11.8 Å². The molecule has 0 saturated carbocycles. The normalized spacial score (nSPS) is 14.8. The Morgan fingerprint density at radius 1 is 0.781 bits per heavy atom. The smallest absolute Gasteiger partial charge is 0.335 e. The summed E-state index contributed by atoms with van der Waals surface area (Å²) in [5, 5.41) is 23.8. The van der Waals surface area contributed by atoms with Gasteiger partial charge in [0.1, 0.15) is 23.1 Å². The highest BCUT2D eigenvalue weighted by Gasteiger charge is 2.45. The third kappa shape index (κ3) is 7.30. The predicted octanol–water partition coefficient (Wildman–Crippen LogP) is 7.49. The van der Waals surface area contributed by atoms with E-state index in [-0.39, 0.29) is 36.1 Å². The van der Waals surface area contributed by atoms with Crippen LogP contribution in [-0.4, -0.2) is 70.0 Å². The van der Waals surface area contributed by atoms with Gasteiger partial charge in [-0.05, 0) is 83.8 Å². The molecule has 3 N–H and O–H groups in total. The number of carbonyl (C=O) groups is 5. The highest BCUT2D eigenvalue weighted by Crippen LogP contribution is 2.42. The SMILES string of the molecule is O=C1CCC(N2C(=O)c3cccc(NCc4cn(Cc5ccc(-c6nc7cc(-c8ccccc8)ccn7c6N(c6ccccc6)c6ccc(C(=O)O)cc6)cc5)nn4)c3C2=O)C(=O)N1. The van der Waals surface area contributed by atoms with Gasteiger partial charge >= 0.3 is 5.97 Å². The van der Waals surface area contributed by atoms with Gasteiger partial charge in [0.15, 0.2) is 5.82 Å². The number of piperidine rings is 1. The second kappa shape index (κ2) is 16.3. The molecule has 10 rings (SSSR count). The van der Waals surface area contributed by atoms with Crippen LogP contribution in [-0.2, 0) is 22.7 Å². The van der Waals surface area contributed by atoms with Crippen LogP contribution in [0, 0.1) is 0 Å². The number of para-hydroxylation sites is 1. The average molecular weight is 848 g/mol. The largest absolute Gasteiger partial charge is 0.478 e. The van der Waals surface area contributed by atoms with Gasteiger partial charge in [-0.15, -0.1) is 5.10 Å². The first kappa shape index (κ1) is 39.4. The first-order chi connectivity index (χ1) is 31.2. The number of nitrogens with zero attached hydrogens (tertiary/aromatic N) is 7. The third-order valence-electron chi connectivity index (χ3n) is 11.4. The summed E-state index contributed by atoms with van der Waals surface area (Å²) in [4.78, 5) is 71.2. The molecule has 64 heavy (non-hydrogen) atoms. The predicted molar refractivity (Wildman–Crippen MR) is 237 cm³/mol. The number of hydrogen-bond donors (Lipinski definition) is 3. The molecular formula is C49H37N9O6. The summed E-state index contributed by atoms with van der Waals surface area (Å²) >= 11 is 0. The van der Waals surface area contributed by atoms with E-state index in [0.717, 1.165) is 50.0 Å². The van der Waals surface area contributed by atoms with Crippen molar-refractivity contribution >= 4 is 58.1 Å². The van der Waals surface area contributed by atoms with Crippen molar-refractivity contribution in [3.63, 3.8) is 0 Å². The van der Waals surface area contributed by atoms with E-state index in [1.165, 1.54) is 0 Å². The number of carbonyl (C=O) groups excluding carboxylic acids is 4. The Bertz CT molecular complexity index is 3130. The number of nitrogens with one attached hydrogen (secondary N) is 2. The Kier molecular flexibility index (Phi) is 10.0. The van der Waals surface area contributed by atoms with Crippen molar-refractivity contribution < 1.29 is 29.1 Å². The lowest BCUT2D eigenvalue weighted by molar-refractivity contribution is -0.136. The number of pyridine rings is 1. The van der Waals surface area contributed by atoms with Crippen LogP contribution >= 0.6 is 0 Å². The molecule has 5 heterocycles. The van der Waals surface area contributed by atoms with Crippen molar-refractivity contribution in [2.24, 2.45) is 0 Å². The topological polar surface area (TPSA) is 184 Å². The summed E-state index contributed by atoms with van der Waals surface area (Å²) in [5.41, 5.74) is 8.48. The van der Waals surface area contributed by atoms with Gasteiger partial charge in [0, 0.05) is 35.2 Å². The molecule has 1 atom stereocenters. The minimum Gasteiger partial charge on any atom is -0.478 e. The summed E-state index contributed by atoms with van der Waals surface area (Å²) in [7, 11) is 0. The van der Waals surface area contributed by atoms with E-state index in [4.69, 9.17) is 4.98 Å². The molecule has 5 aromatic carbocycles. The number of amides is 4. The lowest BCUT2D eigenvalue weighted by Crippen LogP contribution is -2.54. The summed E-state index contributed by atoms with van der Waals surface area (Å²) in [5.74, 6) is -2.51. The van der Waals surface area contributed by atoms with Gasteiger partial charge < -0.3 is 10.4 Å². The fourth-order valence-electron chi connectivity index (χ4n) is 8.27. The molecule has 15 heteroatoms. The average Bonchev–Trinajstić information content (AvgIpc) is 4.00. The molecule has 0 bridgehead atoms. The number of fused-ring (bicyclic) bond motifs is 2. The van der Waals surface area contributed by atoms with Crippen molar-refractivity contribution in [2.75, 3.05) is 10.2 Å². The highest BCUT2D eigenvalue weighted by atomic mass is 16.4. The Balaban J connectivity index is 0.918. The van der Waals surface area contributed by atoms with Crippen molar-refractivity contribution in [1.29, 1.82) is 0 Å². The Labute approximate surface area is 365 Å². The Morgan fingerprint density at radius 2 is 1.52 bits per heavy atom. The summed E-state index contributed by atoms with van der Waals surface area (Å²) in [6, 6.07) is 42.8. The highest BCUT2D eigenvalue weighted by molar-refractivity contribution is 6.25. The fourth-order valence-corrected chi connectivity index (χ4v) is 8.27. The summed E-state index contributed by atoms with van der Waals surface area (Å²) in [6.45, 7) is 0.612. The minimum absolute atomic E-state index is 0.0371. The number of carboxylic acids is 1. The second-order valence-electron chi connectivity index (χ2n) is 15.4. The zero-order valence-electron chi connectivity index (χ0n) is 34.0. The van der Waals surface area contributed by atoms with Crippen LogP contribution < -0.4 is 15.5 Å². The molecule has 1 fully saturated rings. The molecule has 2 aliphatic heterocycles. The van der Waals surface area contributed by atoms with E-state index < -0.39 is 35.6 Å². The molecule has 0 radical (unpaired) electrons. The maximum Gasteiger partial charge on any atom is 0.335 e. The lowest BCUT2D eigenvalue weighted by Gasteiger charge is -2.27. The number of aromatic nitrogens is 5. The van der Waals surface area contributed by atoms with E-state index in [2.05, 4.69) is 50.1 Å². The first-order valence-corrected chi connectivity index (χ1v) is 20.5. The van der Waals surface area contributed by atoms with Crippen molar-refractivity contribution in [1.82, 2.24) is 34.6 Å². The van der Waals surface area contributed by atoms with Gasteiger partial charge in [-0.1, -0.05) is 84.1 Å². The monoisotopic (exact) mass is 847 g/mol. The number of carboxylic acid groups (broad SMARTS) is 1. The lowest BCUT2D eigenvalue weighted by atomic mass is 10.0. The van der Waals surface area contributed by atoms with Crippen molar-refractivity contribution in [3.8, 4) is 22.4 Å². The molecule has 1 saturated heterocycles. The fraction of sp³-hybridized carbons (Fsp3) is 0.102. The van der Waals surface area contributed by atoms with Crippen LogP contribution in [0.15, 0.2) is 152 Å². The number of anilines is 4. The standard InChI is InChI=1S/C49H37N9O6/c59-42-23-22-40(45(60)52-42)58-47(61)38-12-7-13-39(43(38)48(58)62)50-27-35-29-55(54-53-35)28-30-14-16-32(17-15-30)44-46(56-25-24-34(26-41(56)51-44)31-8-3-1-4-9-31)57(36-10-5-2-6-11-36)37-20-18-33(19-21-37)49(63)64/h1-21,24-26,29,40,50H,22-23,27-28H2,(H,63,64)(H,52,59,60). The molecular weight excluding hydrogens is 811 g/mol. The second-order valence-corrected chi connectivity index (χ2v) is 15.4. The van der Waals surface area contributed by atoms with E-state index in [1.807, 2.05) is 83.4 Å². The van der Waals surface area contributed by atoms with Crippen LogP contribution in [0.2, 0.25) is 0 Å². The van der Waals surface area contributed by atoms with Crippen LogP contribution in [0.1, 0.15) is 55.2 Å². The molecule has 3 aromatic heterocycles. The van der Waals surface area contributed by atoms with Crippen LogP contribution in [0.3, 0.4) is 0 Å². The van der Waals surface area contributed by atoms with Gasteiger partial charge in [-0.3, -0.25) is 38.7 Å². The van der Waals surface area contributed by atoms with Gasteiger partial charge in [0.05, 0.1) is 36.0 Å². The maximum atomic E-state index is 13.6. The zero-order valence-corrected chi connectivity index (χ0v) is 34.0. The van der Waals surface area contributed by atoms with Crippen molar-refractivity contribution in [3.05, 3.63) is 180 Å². The van der Waals surface area contributed by atoms with Crippen LogP contribution in [0.25, 0.3) is 28.0 Å². The number of hydrogen-bond acceptors (Lipinski definition) is 10. The molecule has 2 aliphatic rings. The van der Waals surface area contributed by atoms with Crippen LogP contribution in [0.4, 0.5) is 22.9 Å². The molecule has 8 aromatic rings. The van der Waals surface area contributed by atoms with E-state index in [0.29, 0.717) is 23.6 Å². The number of imidazole rings is 1. The number of imide groups is 2. The van der Waals surface area contributed by atoms with Gasteiger partial charge in [-0.2, -0.15) is 0 Å². The Morgan fingerprint density at radius 3 is 2.25 bits per heavy atom. The maximum absolute atomic E-state index is 13.6.